The highest BCUT2D eigenvalue weighted by Crippen LogP contribution is 2.46. The van der Waals surface area contributed by atoms with Crippen molar-refractivity contribution in [3.05, 3.63) is 23.9 Å². The molecule has 158 valence electrons. The van der Waals surface area contributed by atoms with Crippen LogP contribution in [0.4, 0.5) is 5.69 Å². The van der Waals surface area contributed by atoms with Crippen LogP contribution in [0.2, 0.25) is 0 Å². The standard InChI is InChI=1S/C21H26N6OS2/c1-21(2,3)13-10-14(12-9-15-18(23-11-12)26-27(4)25-15)24-19-16(13)17(22)20(29-19)30(6)8-7-28-5/h6,9-11,30H,7-8,22H2,1-5H3. The molecular formula is C21H26N6OS2. The highest BCUT2D eigenvalue weighted by Gasteiger charge is 2.24. The lowest BCUT2D eigenvalue weighted by Crippen LogP contribution is -2.12. The van der Waals surface area contributed by atoms with Crippen LogP contribution in [0.1, 0.15) is 26.3 Å². The lowest BCUT2D eigenvalue weighted by Gasteiger charge is -2.21. The van der Waals surface area contributed by atoms with Gasteiger partial charge in [0.1, 0.15) is 10.3 Å². The summed E-state index contributed by atoms with van der Waals surface area (Å²) in [5.41, 5.74) is 18.0. The van der Waals surface area contributed by atoms with Crippen molar-refractivity contribution in [2.45, 2.75) is 30.4 Å². The molecule has 0 amide bonds. The van der Waals surface area contributed by atoms with Crippen molar-refractivity contribution >= 4 is 48.7 Å². The average molecular weight is 443 g/mol. The van der Waals surface area contributed by atoms with E-state index in [1.807, 2.05) is 6.07 Å². The molecule has 4 aromatic heterocycles. The summed E-state index contributed by atoms with van der Waals surface area (Å²) < 4.78 is 6.23. The topological polar surface area (TPSA) is 91.7 Å². The third-order valence-corrected chi connectivity index (χ3v) is 8.23. The molecule has 0 aliphatic carbocycles. The molecule has 0 saturated heterocycles. The van der Waals surface area contributed by atoms with E-state index in [1.54, 1.807) is 31.7 Å². The highest BCUT2D eigenvalue weighted by molar-refractivity contribution is 8.08. The molecule has 0 aromatic carbocycles. The normalized spacial score (nSPS) is 13.3. The Morgan fingerprint density at radius 1 is 1.27 bits per heavy atom. The number of nitrogen functional groups attached to an aromatic ring is 1. The minimum atomic E-state index is -0.887. The molecule has 4 heterocycles. The van der Waals surface area contributed by atoms with Crippen LogP contribution in [-0.2, 0) is 17.2 Å². The van der Waals surface area contributed by atoms with Gasteiger partial charge in [-0.2, -0.15) is 20.2 Å². The number of fused-ring (bicyclic) bond motifs is 2. The van der Waals surface area contributed by atoms with Gasteiger partial charge in [-0.05, 0) is 23.1 Å². The number of thiol groups is 1. The molecule has 9 heteroatoms. The summed E-state index contributed by atoms with van der Waals surface area (Å²) in [6.45, 7) is 7.17. The number of hydrogen-bond acceptors (Lipinski definition) is 7. The SMILES string of the molecule is C#[SH](CCOC)c1sc2nc(-c3cnc4nn(C)nc4c3)cc(C(C)(C)C)c2c1N. The monoisotopic (exact) mass is 442 g/mol. The molecule has 4 aromatic rings. The first-order chi connectivity index (χ1) is 14.2. The molecule has 4 rings (SSSR count). The fourth-order valence-corrected chi connectivity index (χ4v) is 6.27. The number of thiophene rings is 1. The number of aryl methyl sites for hydroxylation is 1. The van der Waals surface area contributed by atoms with Crippen molar-refractivity contribution in [1.29, 1.82) is 0 Å². The van der Waals surface area contributed by atoms with Gasteiger partial charge in [-0.3, -0.25) is 0 Å². The van der Waals surface area contributed by atoms with E-state index in [0.717, 1.165) is 48.2 Å². The highest BCUT2D eigenvalue weighted by atomic mass is 32.2. The van der Waals surface area contributed by atoms with Crippen molar-refractivity contribution in [2.24, 2.45) is 7.05 Å². The van der Waals surface area contributed by atoms with Gasteiger partial charge < -0.3 is 10.5 Å². The minimum Gasteiger partial charge on any atom is -0.397 e. The molecule has 0 spiro atoms. The molecule has 0 radical (unpaired) electrons. The summed E-state index contributed by atoms with van der Waals surface area (Å²) in [4.78, 5) is 11.8. The maximum atomic E-state index is 6.61. The van der Waals surface area contributed by atoms with E-state index in [1.165, 1.54) is 4.80 Å². The summed E-state index contributed by atoms with van der Waals surface area (Å²) >= 11 is 1.59. The van der Waals surface area contributed by atoms with Gasteiger partial charge in [-0.25, -0.2) is 9.97 Å². The van der Waals surface area contributed by atoms with Crippen molar-refractivity contribution in [1.82, 2.24) is 25.0 Å². The number of hydrogen-bond donors (Lipinski definition) is 2. The van der Waals surface area contributed by atoms with Crippen LogP contribution in [0.15, 0.2) is 22.5 Å². The molecule has 0 saturated carbocycles. The first-order valence-corrected chi connectivity index (χ1v) is 12.0. The number of anilines is 1. The average Bonchev–Trinajstić information content (AvgIpc) is 3.23. The van der Waals surface area contributed by atoms with Crippen molar-refractivity contribution in [3.8, 4) is 16.9 Å². The Morgan fingerprint density at radius 3 is 2.73 bits per heavy atom. The lowest BCUT2D eigenvalue weighted by atomic mass is 9.84. The van der Waals surface area contributed by atoms with E-state index in [-0.39, 0.29) is 5.41 Å². The van der Waals surface area contributed by atoms with E-state index in [9.17, 15) is 0 Å². The minimum absolute atomic E-state index is 0.115. The van der Waals surface area contributed by atoms with Gasteiger partial charge in [0.25, 0.3) is 0 Å². The predicted molar refractivity (Wildman–Crippen MR) is 127 cm³/mol. The van der Waals surface area contributed by atoms with Gasteiger partial charge >= 0.3 is 0 Å². The Kier molecular flexibility index (Phi) is 5.32. The number of methoxy groups -OCH3 is 1. The fourth-order valence-electron chi connectivity index (χ4n) is 3.41. The van der Waals surface area contributed by atoms with Crippen LogP contribution in [0, 0.1) is 5.69 Å². The first-order valence-electron chi connectivity index (χ1n) is 9.61. The van der Waals surface area contributed by atoms with E-state index < -0.39 is 10.3 Å². The predicted octanol–water partition coefficient (Wildman–Crippen LogP) is 4.12. The molecular weight excluding hydrogens is 416 g/mol. The third kappa shape index (κ3) is 3.70. The molecule has 0 fully saturated rings. The Hall–Kier alpha value is -2.45. The van der Waals surface area contributed by atoms with Crippen LogP contribution in [0.3, 0.4) is 0 Å². The number of pyridine rings is 2. The quantitative estimate of drug-likeness (QED) is 0.464. The van der Waals surface area contributed by atoms with Crippen molar-refractivity contribution < 1.29 is 4.74 Å². The molecule has 2 N–H and O–H groups in total. The van der Waals surface area contributed by atoms with E-state index >= 15 is 0 Å². The molecule has 30 heavy (non-hydrogen) atoms. The number of aromatic nitrogens is 5. The largest absolute Gasteiger partial charge is 0.397 e. The Morgan fingerprint density at radius 2 is 2.03 bits per heavy atom. The Balaban J connectivity index is 1.92. The van der Waals surface area contributed by atoms with Crippen LogP contribution in [-0.4, -0.2) is 44.4 Å². The maximum Gasteiger partial charge on any atom is 0.201 e. The molecule has 1 unspecified atom stereocenters. The van der Waals surface area contributed by atoms with Crippen LogP contribution in [0.5, 0.6) is 0 Å². The molecule has 1 atom stereocenters. The van der Waals surface area contributed by atoms with Gasteiger partial charge in [0, 0.05) is 37.1 Å². The second kappa shape index (κ2) is 7.67. The summed E-state index contributed by atoms with van der Waals surface area (Å²) in [6, 6.07) is 4.09. The number of nitrogens with zero attached hydrogens (tertiary/aromatic N) is 5. The zero-order valence-electron chi connectivity index (χ0n) is 17.8. The smallest absolute Gasteiger partial charge is 0.201 e. The number of rotatable bonds is 3. The number of ether oxygens (including phenoxy) is 1. The van der Waals surface area contributed by atoms with Crippen LogP contribution in [0.25, 0.3) is 32.6 Å². The van der Waals surface area contributed by atoms with Crippen molar-refractivity contribution in [2.75, 3.05) is 25.2 Å². The van der Waals surface area contributed by atoms with Gasteiger partial charge in [0.15, 0.2) is 0 Å². The second-order valence-electron chi connectivity index (χ2n) is 8.25. The zero-order valence-corrected chi connectivity index (χ0v) is 19.5. The summed E-state index contributed by atoms with van der Waals surface area (Å²) in [6.07, 6.45) is 1.80. The van der Waals surface area contributed by atoms with E-state index in [4.69, 9.17) is 21.1 Å². The second-order valence-corrected chi connectivity index (χ2v) is 11.4. The van der Waals surface area contributed by atoms with E-state index in [2.05, 4.69) is 42.0 Å². The van der Waals surface area contributed by atoms with Crippen molar-refractivity contribution in [3.63, 3.8) is 0 Å². The Labute approximate surface area is 181 Å². The lowest BCUT2D eigenvalue weighted by molar-refractivity contribution is 0.218. The van der Waals surface area contributed by atoms with Gasteiger partial charge in [0.2, 0.25) is 5.65 Å². The molecule has 0 aliphatic heterocycles. The van der Waals surface area contributed by atoms with Gasteiger partial charge in [0.05, 0.1) is 22.2 Å². The van der Waals surface area contributed by atoms with Crippen LogP contribution < -0.4 is 5.73 Å². The Bertz CT molecular complexity index is 1320. The third-order valence-electron chi connectivity index (χ3n) is 4.92. The summed E-state index contributed by atoms with van der Waals surface area (Å²) in [5, 5.41) is 9.64. The van der Waals surface area contributed by atoms with Gasteiger partial charge in [-0.15, -0.1) is 22.1 Å². The van der Waals surface area contributed by atoms with Gasteiger partial charge in [-0.1, -0.05) is 20.8 Å². The zero-order chi connectivity index (χ0) is 21.6. The molecule has 7 nitrogen and oxygen atoms in total. The first kappa shape index (κ1) is 20.8. The number of nitrogens with two attached hydrogens (primary N) is 1. The van der Waals surface area contributed by atoms with Crippen LogP contribution >= 0.6 is 21.6 Å². The summed E-state index contributed by atoms with van der Waals surface area (Å²) in [7, 11) is 2.58. The summed E-state index contributed by atoms with van der Waals surface area (Å²) in [5.74, 6) is 0.772. The molecule has 0 aliphatic rings. The fraction of sp³-hybridized carbons (Fsp3) is 0.381. The maximum absolute atomic E-state index is 6.61. The molecule has 0 bridgehead atoms. The van der Waals surface area contributed by atoms with E-state index in [0.29, 0.717) is 12.3 Å².